The molecule has 29 heavy (non-hydrogen) atoms. The van der Waals surface area contributed by atoms with Gasteiger partial charge in [-0.15, -0.1) is 0 Å². The normalized spacial score (nSPS) is 12.7. The van der Waals surface area contributed by atoms with E-state index in [0.717, 1.165) is 5.56 Å². The maximum absolute atomic E-state index is 12.3. The van der Waals surface area contributed by atoms with Crippen LogP contribution in [0.5, 0.6) is 11.5 Å². The second kappa shape index (κ2) is 9.47. The lowest BCUT2D eigenvalue weighted by Gasteiger charge is -2.19. The summed E-state index contributed by atoms with van der Waals surface area (Å²) in [7, 11) is 0. The van der Waals surface area contributed by atoms with Gasteiger partial charge in [0.15, 0.2) is 11.5 Å². The maximum Gasteiger partial charge on any atom is 0.253 e. The van der Waals surface area contributed by atoms with E-state index in [-0.39, 0.29) is 11.8 Å². The van der Waals surface area contributed by atoms with Gasteiger partial charge in [0.25, 0.3) is 5.91 Å². The van der Waals surface area contributed by atoms with Crippen LogP contribution in [0.2, 0.25) is 5.02 Å². The standard InChI is InChI=1S/C22H23ClN2O4/c1-3-25(4-2)22(27)16-6-8-17(9-7-16)24-20(26)10-5-15-13-18(23)21-19(14-15)28-11-12-29-21/h5-10,13-14H,3-4,11-12H2,1-2H3,(H,24,26)/b10-5+. The van der Waals surface area contributed by atoms with Gasteiger partial charge in [0.2, 0.25) is 5.91 Å². The number of nitrogens with zero attached hydrogens (tertiary/aromatic N) is 1. The molecule has 2 aromatic rings. The fourth-order valence-corrected chi connectivity index (χ4v) is 3.25. The van der Waals surface area contributed by atoms with Crippen molar-refractivity contribution in [3.63, 3.8) is 0 Å². The lowest BCUT2D eigenvalue weighted by Crippen LogP contribution is -2.30. The predicted octanol–water partition coefficient (Wildman–Crippen LogP) is 4.25. The molecule has 2 aromatic carbocycles. The number of carbonyl (C=O) groups excluding carboxylic acids is 2. The quantitative estimate of drug-likeness (QED) is 0.717. The molecule has 0 aromatic heterocycles. The van der Waals surface area contributed by atoms with Gasteiger partial charge in [-0.2, -0.15) is 0 Å². The molecule has 1 aliphatic heterocycles. The van der Waals surface area contributed by atoms with E-state index in [2.05, 4.69) is 5.32 Å². The lowest BCUT2D eigenvalue weighted by molar-refractivity contribution is -0.111. The smallest absolute Gasteiger partial charge is 0.253 e. The van der Waals surface area contributed by atoms with Crippen LogP contribution in [0.3, 0.4) is 0 Å². The SMILES string of the molecule is CCN(CC)C(=O)c1ccc(NC(=O)/C=C/c2cc(Cl)c3c(c2)OCCO3)cc1. The molecular formula is C22H23ClN2O4. The topological polar surface area (TPSA) is 67.9 Å². The zero-order valence-electron chi connectivity index (χ0n) is 16.4. The lowest BCUT2D eigenvalue weighted by atomic mass is 10.1. The van der Waals surface area contributed by atoms with Crippen LogP contribution in [-0.4, -0.2) is 43.0 Å². The minimum atomic E-state index is -0.293. The van der Waals surface area contributed by atoms with E-state index in [0.29, 0.717) is 54.1 Å². The number of halogens is 1. The van der Waals surface area contributed by atoms with E-state index in [1.807, 2.05) is 13.8 Å². The van der Waals surface area contributed by atoms with Crippen LogP contribution in [0.4, 0.5) is 5.69 Å². The summed E-state index contributed by atoms with van der Waals surface area (Å²) in [6.45, 7) is 6.12. The molecule has 0 unspecified atom stereocenters. The Morgan fingerprint density at radius 3 is 2.48 bits per heavy atom. The molecule has 0 saturated carbocycles. The summed E-state index contributed by atoms with van der Waals surface area (Å²) in [5.41, 5.74) is 1.93. The Morgan fingerprint density at radius 2 is 1.79 bits per heavy atom. The number of nitrogens with one attached hydrogen (secondary N) is 1. The van der Waals surface area contributed by atoms with Crippen molar-refractivity contribution in [2.45, 2.75) is 13.8 Å². The van der Waals surface area contributed by atoms with E-state index in [4.69, 9.17) is 21.1 Å². The van der Waals surface area contributed by atoms with Crippen molar-refractivity contribution in [3.8, 4) is 11.5 Å². The Labute approximate surface area is 175 Å². The molecular weight excluding hydrogens is 392 g/mol. The molecule has 0 bridgehead atoms. The first-order chi connectivity index (χ1) is 14.0. The van der Waals surface area contributed by atoms with Crippen LogP contribution in [0, 0.1) is 0 Å². The molecule has 0 aliphatic carbocycles. The summed E-state index contributed by atoms with van der Waals surface area (Å²) >= 11 is 6.21. The first-order valence-electron chi connectivity index (χ1n) is 9.49. The van der Waals surface area contributed by atoms with Gasteiger partial charge in [0, 0.05) is 30.4 Å². The minimum absolute atomic E-state index is 0.0248. The molecule has 152 valence electrons. The number of benzene rings is 2. The van der Waals surface area contributed by atoms with Gasteiger partial charge in [-0.1, -0.05) is 11.6 Å². The summed E-state index contributed by atoms with van der Waals surface area (Å²) in [4.78, 5) is 26.3. The number of rotatable bonds is 6. The third-order valence-corrected chi connectivity index (χ3v) is 4.78. The summed E-state index contributed by atoms with van der Waals surface area (Å²) in [5.74, 6) is 0.776. The largest absolute Gasteiger partial charge is 0.486 e. The highest BCUT2D eigenvalue weighted by Crippen LogP contribution is 2.38. The second-order valence-corrected chi connectivity index (χ2v) is 6.81. The molecule has 0 fully saturated rings. The van der Waals surface area contributed by atoms with Crippen molar-refractivity contribution >= 4 is 35.2 Å². The van der Waals surface area contributed by atoms with Crippen LogP contribution in [-0.2, 0) is 4.79 Å². The number of hydrogen-bond donors (Lipinski definition) is 1. The molecule has 0 radical (unpaired) electrons. The number of anilines is 1. The van der Waals surface area contributed by atoms with Gasteiger partial charge < -0.3 is 19.7 Å². The zero-order valence-corrected chi connectivity index (χ0v) is 17.2. The van der Waals surface area contributed by atoms with Gasteiger partial charge in [-0.05, 0) is 61.9 Å². The highest BCUT2D eigenvalue weighted by atomic mass is 35.5. The Kier molecular flexibility index (Phi) is 6.77. The molecule has 0 atom stereocenters. The monoisotopic (exact) mass is 414 g/mol. The van der Waals surface area contributed by atoms with Crippen molar-refractivity contribution in [2.75, 3.05) is 31.6 Å². The third kappa shape index (κ3) is 5.09. The second-order valence-electron chi connectivity index (χ2n) is 6.40. The summed E-state index contributed by atoms with van der Waals surface area (Å²) < 4.78 is 11.0. The van der Waals surface area contributed by atoms with Gasteiger partial charge in [-0.25, -0.2) is 0 Å². The molecule has 6 nitrogen and oxygen atoms in total. The van der Waals surface area contributed by atoms with Crippen LogP contribution in [0.1, 0.15) is 29.8 Å². The van der Waals surface area contributed by atoms with Crippen LogP contribution in [0.25, 0.3) is 6.08 Å². The summed E-state index contributed by atoms with van der Waals surface area (Å²) in [6, 6.07) is 10.3. The van der Waals surface area contributed by atoms with E-state index in [1.54, 1.807) is 47.4 Å². The highest BCUT2D eigenvalue weighted by Gasteiger charge is 2.16. The number of ether oxygens (including phenoxy) is 2. The van der Waals surface area contributed by atoms with Crippen molar-refractivity contribution in [3.05, 3.63) is 58.6 Å². The Hall–Kier alpha value is -2.99. The molecule has 3 rings (SSSR count). The fraction of sp³-hybridized carbons (Fsp3) is 0.273. The number of amides is 2. The molecule has 1 heterocycles. The number of fused-ring (bicyclic) bond motifs is 1. The number of carbonyl (C=O) groups is 2. The molecule has 0 spiro atoms. The van der Waals surface area contributed by atoms with Crippen molar-refractivity contribution in [1.29, 1.82) is 0 Å². The van der Waals surface area contributed by atoms with Crippen LogP contribution >= 0.6 is 11.6 Å². The first-order valence-corrected chi connectivity index (χ1v) is 9.87. The molecule has 1 N–H and O–H groups in total. The highest BCUT2D eigenvalue weighted by molar-refractivity contribution is 6.32. The predicted molar refractivity (Wildman–Crippen MR) is 114 cm³/mol. The fourth-order valence-electron chi connectivity index (χ4n) is 2.97. The first kappa shape index (κ1) is 20.7. The average molecular weight is 415 g/mol. The summed E-state index contributed by atoms with van der Waals surface area (Å²) in [5, 5.41) is 3.21. The molecule has 0 saturated heterocycles. The van der Waals surface area contributed by atoms with Crippen molar-refractivity contribution in [2.24, 2.45) is 0 Å². The Bertz CT molecular complexity index is 921. The van der Waals surface area contributed by atoms with Crippen molar-refractivity contribution < 1.29 is 19.1 Å². The van der Waals surface area contributed by atoms with Crippen molar-refractivity contribution in [1.82, 2.24) is 4.90 Å². The van der Waals surface area contributed by atoms with E-state index in [9.17, 15) is 9.59 Å². The van der Waals surface area contributed by atoms with E-state index in [1.165, 1.54) is 6.08 Å². The minimum Gasteiger partial charge on any atom is -0.486 e. The van der Waals surface area contributed by atoms with Crippen LogP contribution in [0.15, 0.2) is 42.5 Å². The Balaban J connectivity index is 1.63. The Morgan fingerprint density at radius 1 is 1.10 bits per heavy atom. The van der Waals surface area contributed by atoms with E-state index < -0.39 is 0 Å². The molecule has 7 heteroatoms. The average Bonchev–Trinajstić information content (AvgIpc) is 2.73. The van der Waals surface area contributed by atoms with Gasteiger partial charge in [0.05, 0.1) is 5.02 Å². The van der Waals surface area contributed by atoms with Gasteiger partial charge in [-0.3, -0.25) is 9.59 Å². The maximum atomic E-state index is 12.3. The van der Waals surface area contributed by atoms with E-state index >= 15 is 0 Å². The zero-order chi connectivity index (χ0) is 20.8. The number of hydrogen-bond acceptors (Lipinski definition) is 4. The van der Waals surface area contributed by atoms with Gasteiger partial charge >= 0.3 is 0 Å². The van der Waals surface area contributed by atoms with Crippen LogP contribution < -0.4 is 14.8 Å². The molecule has 1 aliphatic rings. The summed E-state index contributed by atoms with van der Waals surface area (Å²) in [6.07, 6.45) is 3.06. The third-order valence-electron chi connectivity index (χ3n) is 4.50. The van der Waals surface area contributed by atoms with Gasteiger partial charge in [0.1, 0.15) is 13.2 Å². The molecule has 2 amide bonds.